The maximum Gasteiger partial charge on any atom is 0.305 e. The molecular formula is C13H15N3O3S. The smallest absolute Gasteiger partial charge is 0.305 e. The van der Waals surface area contributed by atoms with Crippen LogP contribution in [-0.4, -0.2) is 32.4 Å². The number of hydrogen-bond acceptors (Lipinski definition) is 4. The topological polar surface area (TPSA) is 80.1 Å². The lowest BCUT2D eigenvalue weighted by molar-refractivity contribution is -0.137. The van der Waals surface area contributed by atoms with Crippen LogP contribution >= 0.6 is 12.2 Å². The summed E-state index contributed by atoms with van der Waals surface area (Å²) in [5.41, 5.74) is 0.853. The Hall–Kier alpha value is -2.15. The van der Waals surface area contributed by atoms with E-state index in [9.17, 15) is 4.79 Å². The Kier molecular flexibility index (Phi) is 4.52. The van der Waals surface area contributed by atoms with Gasteiger partial charge in [0.25, 0.3) is 0 Å². The summed E-state index contributed by atoms with van der Waals surface area (Å²) in [6.07, 6.45) is -0.00211. The molecule has 0 spiro atoms. The second kappa shape index (κ2) is 6.33. The number of ether oxygens (including phenoxy) is 1. The molecule has 0 radical (unpaired) electrons. The fourth-order valence-electron chi connectivity index (χ4n) is 1.82. The lowest BCUT2D eigenvalue weighted by Gasteiger charge is -2.07. The molecule has 0 aliphatic rings. The third-order valence-electron chi connectivity index (χ3n) is 2.73. The van der Waals surface area contributed by atoms with E-state index in [0.717, 1.165) is 11.3 Å². The second-order valence-electron chi connectivity index (χ2n) is 4.11. The van der Waals surface area contributed by atoms with Crippen LogP contribution < -0.4 is 4.74 Å². The number of H-pyrrole nitrogens is 1. The van der Waals surface area contributed by atoms with Gasteiger partial charge >= 0.3 is 5.97 Å². The van der Waals surface area contributed by atoms with Gasteiger partial charge < -0.3 is 9.84 Å². The number of hydrogen-bond donors (Lipinski definition) is 2. The van der Waals surface area contributed by atoms with E-state index >= 15 is 0 Å². The van der Waals surface area contributed by atoms with Crippen molar-refractivity contribution < 1.29 is 14.6 Å². The van der Waals surface area contributed by atoms with Crippen molar-refractivity contribution in [2.24, 2.45) is 0 Å². The zero-order valence-electron chi connectivity index (χ0n) is 11.0. The van der Waals surface area contributed by atoms with Gasteiger partial charge in [-0.25, -0.2) is 0 Å². The van der Waals surface area contributed by atoms with Gasteiger partial charge in [0, 0.05) is 12.1 Å². The van der Waals surface area contributed by atoms with Gasteiger partial charge in [-0.05, 0) is 43.4 Å². The standard InChI is InChI=1S/C13H15N3O3S/c1-2-19-10-5-3-9(4-6-10)12-14-15-13(20)16(12)8-7-11(17)18/h3-6H,2,7-8H2,1H3,(H,15,20)(H,17,18). The number of rotatable bonds is 6. The maximum absolute atomic E-state index is 10.7. The van der Waals surface area contributed by atoms with Crippen molar-refractivity contribution in [1.82, 2.24) is 14.8 Å². The van der Waals surface area contributed by atoms with Gasteiger partial charge in [-0.3, -0.25) is 14.5 Å². The highest BCUT2D eigenvalue weighted by molar-refractivity contribution is 7.71. The molecule has 1 aromatic heterocycles. The molecule has 2 N–H and O–H groups in total. The first-order chi connectivity index (χ1) is 9.61. The molecule has 0 saturated carbocycles. The van der Waals surface area contributed by atoms with Crippen LogP contribution in [0.3, 0.4) is 0 Å². The highest BCUT2D eigenvalue weighted by Gasteiger charge is 2.10. The Morgan fingerprint density at radius 3 is 2.75 bits per heavy atom. The van der Waals surface area contributed by atoms with Crippen LogP contribution in [0.15, 0.2) is 24.3 Å². The van der Waals surface area contributed by atoms with Gasteiger partial charge in [0.15, 0.2) is 10.6 Å². The molecule has 0 fully saturated rings. The molecule has 7 heteroatoms. The molecule has 0 unspecified atom stereocenters. The summed E-state index contributed by atoms with van der Waals surface area (Å²) in [5, 5.41) is 15.6. The summed E-state index contributed by atoms with van der Waals surface area (Å²) in [4.78, 5) is 10.7. The average Bonchev–Trinajstić information content (AvgIpc) is 2.79. The highest BCUT2D eigenvalue weighted by atomic mass is 32.1. The van der Waals surface area contributed by atoms with Crippen LogP contribution in [-0.2, 0) is 11.3 Å². The Bertz CT molecular complexity index is 646. The molecular weight excluding hydrogens is 278 g/mol. The summed E-state index contributed by atoms with van der Waals surface area (Å²) >= 11 is 5.12. The maximum atomic E-state index is 10.7. The van der Waals surface area contributed by atoms with Crippen LogP contribution in [0.5, 0.6) is 5.75 Å². The summed E-state index contributed by atoms with van der Waals surface area (Å²) in [6, 6.07) is 7.43. The molecule has 106 valence electrons. The van der Waals surface area contributed by atoms with E-state index in [1.54, 1.807) is 4.57 Å². The van der Waals surface area contributed by atoms with E-state index in [-0.39, 0.29) is 13.0 Å². The molecule has 0 amide bonds. The van der Waals surface area contributed by atoms with Crippen LogP contribution in [0, 0.1) is 4.77 Å². The summed E-state index contributed by atoms with van der Waals surface area (Å²) in [6.45, 7) is 2.81. The lowest BCUT2D eigenvalue weighted by atomic mass is 10.2. The molecule has 1 aromatic carbocycles. The number of carbonyl (C=O) groups is 1. The monoisotopic (exact) mass is 293 g/mol. The summed E-state index contributed by atoms with van der Waals surface area (Å²) < 4.78 is 7.47. The normalized spacial score (nSPS) is 10.4. The Morgan fingerprint density at radius 2 is 2.15 bits per heavy atom. The first-order valence-corrected chi connectivity index (χ1v) is 6.63. The van der Waals surface area contributed by atoms with Crippen LogP contribution in [0.25, 0.3) is 11.4 Å². The van der Waals surface area contributed by atoms with E-state index in [2.05, 4.69) is 10.2 Å². The number of carboxylic acids is 1. The van der Waals surface area contributed by atoms with E-state index in [1.165, 1.54) is 0 Å². The highest BCUT2D eigenvalue weighted by Crippen LogP contribution is 2.21. The van der Waals surface area contributed by atoms with Crippen LogP contribution in [0.4, 0.5) is 0 Å². The second-order valence-corrected chi connectivity index (χ2v) is 4.49. The van der Waals surface area contributed by atoms with Gasteiger partial charge in [-0.1, -0.05) is 0 Å². The third kappa shape index (κ3) is 3.24. The Labute approximate surface area is 121 Å². The van der Waals surface area contributed by atoms with Gasteiger partial charge in [0.2, 0.25) is 0 Å². The number of aromatic amines is 1. The molecule has 6 nitrogen and oxygen atoms in total. The van der Waals surface area contributed by atoms with Crippen molar-refractivity contribution in [1.29, 1.82) is 0 Å². The summed E-state index contributed by atoms with van der Waals surface area (Å²) in [5.74, 6) is 0.535. The SMILES string of the molecule is CCOc1ccc(-c2n[nH]c(=S)n2CCC(=O)O)cc1. The Morgan fingerprint density at radius 1 is 1.45 bits per heavy atom. The van der Waals surface area contributed by atoms with Crippen LogP contribution in [0.2, 0.25) is 0 Å². The zero-order valence-corrected chi connectivity index (χ0v) is 11.8. The van der Waals surface area contributed by atoms with Crippen molar-refractivity contribution >= 4 is 18.2 Å². The summed E-state index contributed by atoms with van der Waals surface area (Å²) in [7, 11) is 0. The van der Waals surface area contributed by atoms with E-state index < -0.39 is 5.97 Å². The first-order valence-electron chi connectivity index (χ1n) is 6.22. The fraction of sp³-hybridized carbons (Fsp3) is 0.308. The molecule has 2 rings (SSSR count). The molecule has 20 heavy (non-hydrogen) atoms. The van der Waals surface area contributed by atoms with E-state index in [4.69, 9.17) is 22.1 Å². The van der Waals surface area contributed by atoms with Crippen LogP contribution in [0.1, 0.15) is 13.3 Å². The number of nitrogens with one attached hydrogen (secondary N) is 1. The van der Waals surface area contributed by atoms with Crippen molar-refractivity contribution in [3.05, 3.63) is 29.0 Å². The molecule has 0 aliphatic heterocycles. The molecule has 1 heterocycles. The molecule has 0 bridgehead atoms. The fourth-order valence-corrected chi connectivity index (χ4v) is 2.04. The first kappa shape index (κ1) is 14.3. The van der Waals surface area contributed by atoms with Crippen molar-refractivity contribution in [3.8, 4) is 17.1 Å². The van der Waals surface area contributed by atoms with Crippen molar-refractivity contribution in [2.75, 3.05) is 6.61 Å². The molecule has 0 atom stereocenters. The predicted molar refractivity (Wildman–Crippen MR) is 76.3 cm³/mol. The van der Waals surface area contributed by atoms with Crippen molar-refractivity contribution in [3.63, 3.8) is 0 Å². The number of aromatic nitrogens is 3. The Balaban J connectivity index is 2.28. The predicted octanol–water partition coefficient (Wildman–Crippen LogP) is 2.48. The van der Waals surface area contributed by atoms with Gasteiger partial charge in [0.1, 0.15) is 5.75 Å². The molecule has 0 aliphatic carbocycles. The minimum absolute atomic E-state index is 0.00211. The largest absolute Gasteiger partial charge is 0.494 e. The molecule has 2 aromatic rings. The lowest BCUT2D eigenvalue weighted by Crippen LogP contribution is -2.06. The number of carboxylic acid groups (broad SMARTS) is 1. The van der Waals surface area contributed by atoms with E-state index in [0.29, 0.717) is 17.2 Å². The average molecular weight is 293 g/mol. The minimum Gasteiger partial charge on any atom is -0.494 e. The number of aliphatic carboxylic acids is 1. The molecule has 0 saturated heterocycles. The zero-order chi connectivity index (χ0) is 14.5. The quantitative estimate of drug-likeness (QED) is 0.800. The number of benzene rings is 1. The van der Waals surface area contributed by atoms with E-state index in [1.807, 2.05) is 31.2 Å². The van der Waals surface area contributed by atoms with Gasteiger partial charge in [0.05, 0.1) is 13.0 Å². The minimum atomic E-state index is -0.870. The van der Waals surface area contributed by atoms with Gasteiger partial charge in [-0.15, -0.1) is 0 Å². The van der Waals surface area contributed by atoms with Crippen molar-refractivity contribution in [2.45, 2.75) is 19.9 Å². The number of nitrogens with zero attached hydrogens (tertiary/aromatic N) is 2. The van der Waals surface area contributed by atoms with Gasteiger partial charge in [-0.2, -0.15) is 5.10 Å². The third-order valence-corrected chi connectivity index (χ3v) is 3.04.